The lowest BCUT2D eigenvalue weighted by Gasteiger charge is -2.33. The molecule has 3 aromatic rings. The lowest BCUT2D eigenvalue weighted by Crippen LogP contribution is -2.54. The maximum Gasteiger partial charge on any atom is 0.264 e. The Morgan fingerprint density at radius 1 is 0.905 bits per heavy atom. The molecule has 3 aromatic carbocycles. The van der Waals surface area contributed by atoms with Gasteiger partial charge < -0.3 is 15.0 Å². The molecule has 1 aliphatic carbocycles. The zero-order chi connectivity index (χ0) is 30.0. The third kappa shape index (κ3) is 7.91. The van der Waals surface area contributed by atoms with Gasteiger partial charge in [-0.3, -0.25) is 13.9 Å². The van der Waals surface area contributed by atoms with Gasteiger partial charge in [-0.25, -0.2) is 8.42 Å². The Morgan fingerprint density at radius 2 is 1.52 bits per heavy atom. The van der Waals surface area contributed by atoms with Crippen molar-refractivity contribution in [1.82, 2.24) is 10.2 Å². The summed E-state index contributed by atoms with van der Waals surface area (Å²) < 4.78 is 34.6. The van der Waals surface area contributed by atoms with Gasteiger partial charge in [0.25, 0.3) is 10.0 Å². The van der Waals surface area contributed by atoms with Crippen LogP contribution in [0.15, 0.2) is 89.8 Å². The fourth-order valence-corrected chi connectivity index (χ4v) is 6.80. The van der Waals surface area contributed by atoms with Gasteiger partial charge >= 0.3 is 0 Å². The first-order valence-corrected chi connectivity index (χ1v) is 16.2. The maximum absolute atomic E-state index is 14.1. The van der Waals surface area contributed by atoms with Crippen molar-refractivity contribution in [2.24, 2.45) is 0 Å². The predicted molar refractivity (Wildman–Crippen MR) is 165 cm³/mol. The third-order valence-corrected chi connectivity index (χ3v) is 9.41. The van der Waals surface area contributed by atoms with Crippen LogP contribution in [0.25, 0.3) is 0 Å². The van der Waals surface area contributed by atoms with Crippen LogP contribution in [0.4, 0.5) is 5.69 Å². The Kier molecular flexibility index (Phi) is 11.0. The van der Waals surface area contributed by atoms with E-state index in [0.717, 1.165) is 35.6 Å². The van der Waals surface area contributed by atoms with Crippen LogP contribution >= 0.6 is 0 Å². The van der Waals surface area contributed by atoms with Crippen molar-refractivity contribution in [2.45, 2.75) is 69.4 Å². The number of ether oxygens (including phenoxy) is 1. The highest BCUT2D eigenvalue weighted by atomic mass is 32.2. The van der Waals surface area contributed by atoms with Crippen molar-refractivity contribution in [3.05, 3.63) is 90.5 Å². The SMILES string of the molecule is CCOc1ccc(S(=O)(=O)N(CC(=O)N(CCc2ccccc2)[C@@H](CC)C(=O)NC2CCCC2)c2ccccc2)cc1. The van der Waals surface area contributed by atoms with Crippen LogP contribution < -0.4 is 14.4 Å². The summed E-state index contributed by atoms with van der Waals surface area (Å²) in [4.78, 5) is 29.2. The van der Waals surface area contributed by atoms with Crippen LogP contribution in [0.2, 0.25) is 0 Å². The van der Waals surface area contributed by atoms with E-state index in [1.54, 1.807) is 47.4 Å². The first kappa shape index (κ1) is 31.1. The average Bonchev–Trinajstić information content (AvgIpc) is 3.52. The molecule has 1 saturated carbocycles. The zero-order valence-electron chi connectivity index (χ0n) is 24.4. The smallest absolute Gasteiger partial charge is 0.264 e. The van der Waals surface area contributed by atoms with Gasteiger partial charge in [-0.15, -0.1) is 0 Å². The predicted octanol–water partition coefficient (Wildman–Crippen LogP) is 5.19. The number of nitrogens with zero attached hydrogens (tertiary/aromatic N) is 2. The fraction of sp³-hybridized carbons (Fsp3) is 0.394. The van der Waals surface area contributed by atoms with Crippen LogP contribution in [0.3, 0.4) is 0 Å². The minimum absolute atomic E-state index is 0.0458. The molecule has 9 heteroatoms. The van der Waals surface area contributed by atoms with Gasteiger partial charge in [-0.05, 0) is 74.6 Å². The number of para-hydroxylation sites is 1. The molecule has 0 spiro atoms. The molecule has 1 fully saturated rings. The number of rotatable bonds is 14. The standard InChI is InChI=1S/C33H41N3O5S/c1-3-31(33(38)34-27-15-11-12-16-27)35(24-23-26-13-7-5-8-14-26)32(37)25-36(28-17-9-6-10-18-28)42(39,40)30-21-19-29(20-22-30)41-4-2/h5-10,13-14,17-22,27,31H,3-4,11-12,15-16,23-25H2,1-2H3,(H,34,38)/t31-/m0/s1. The molecule has 1 aliphatic rings. The Morgan fingerprint density at radius 3 is 2.12 bits per heavy atom. The highest BCUT2D eigenvalue weighted by molar-refractivity contribution is 7.92. The molecule has 0 heterocycles. The number of amides is 2. The lowest BCUT2D eigenvalue weighted by atomic mass is 10.1. The molecule has 0 bridgehead atoms. The van der Waals surface area contributed by atoms with E-state index in [4.69, 9.17) is 4.74 Å². The van der Waals surface area contributed by atoms with Crippen molar-refractivity contribution in [3.63, 3.8) is 0 Å². The molecule has 0 saturated heterocycles. The van der Waals surface area contributed by atoms with Crippen LogP contribution in [0.5, 0.6) is 5.75 Å². The van der Waals surface area contributed by atoms with Crippen molar-refractivity contribution < 1.29 is 22.7 Å². The second-order valence-corrected chi connectivity index (χ2v) is 12.4. The van der Waals surface area contributed by atoms with E-state index in [0.29, 0.717) is 30.9 Å². The molecule has 224 valence electrons. The van der Waals surface area contributed by atoms with Gasteiger partial charge in [0.1, 0.15) is 18.3 Å². The Balaban J connectivity index is 1.64. The molecule has 42 heavy (non-hydrogen) atoms. The lowest BCUT2D eigenvalue weighted by molar-refractivity contribution is -0.139. The number of nitrogens with one attached hydrogen (secondary N) is 1. The molecule has 0 aliphatic heterocycles. The van der Waals surface area contributed by atoms with E-state index in [-0.39, 0.29) is 23.4 Å². The van der Waals surface area contributed by atoms with Gasteiger partial charge in [0.15, 0.2) is 0 Å². The Bertz CT molecular complexity index is 1390. The summed E-state index contributed by atoms with van der Waals surface area (Å²) in [5.41, 5.74) is 1.40. The summed E-state index contributed by atoms with van der Waals surface area (Å²) in [5, 5.41) is 3.14. The minimum atomic E-state index is -4.12. The Hall–Kier alpha value is -3.85. The molecule has 0 radical (unpaired) electrons. The number of benzene rings is 3. The second-order valence-electron chi connectivity index (χ2n) is 10.5. The molecule has 1 atom stereocenters. The third-order valence-electron chi connectivity index (χ3n) is 7.62. The largest absolute Gasteiger partial charge is 0.494 e. The molecule has 0 unspecified atom stereocenters. The van der Waals surface area contributed by atoms with E-state index in [2.05, 4.69) is 5.32 Å². The summed E-state index contributed by atoms with van der Waals surface area (Å²) in [6.07, 6.45) is 4.97. The number of carbonyl (C=O) groups excluding carboxylic acids is 2. The van der Waals surface area contributed by atoms with E-state index >= 15 is 0 Å². The maximum atomic E-state index is 14.1. The number of hydrogen-bond donors (Lipinski definition) is 1. The summed E-state index contributed by atoms with van der Waals surface area (Å²) in [6, 6.07) is 23.9. The van der Waals surface area contributed by atoms with Crippen molar-refractivity contribution in [3.8, 4) is 5.75 Å². The normalized spacial score (nSPS) is 14.2. The number of hydrogen-bond acceptors (Lipinski definition) is 5. The van der Waals surface area contributed by atoms with Gasteiger partial charge in [0.05, 0.1) is 17.2 Å². The van der Waals surface area contributed by atoms with Crippen molar-refractivity contribution >= 4 is 27.5 Å². The van der Waals surface area contributed by atoms with Crippen LogP contribution in [-0.4, -0.2) is 56.9 Å². The monoisotopic (exact) mass is 591 g/mol. The van der Waals surface area contributed by atoms with Crippen molar-refractivity contribution in [2.75, 3.05) is 24.0 Å². The first-order chi connectivity index (χ1) is 20.3. The molecular formula is C33H41N3O5S. The molecular weight excluding hydrogens is 550 g/mol. The van der Waals surface area contributed by atoms with Gasteiger partial charge in [0, 0.05) is 12.6 Å². The zero-order valence-corrected chi connectivity index (χ0v) is 25.3. The molecule has 1 N–H and O–H groups in total. The van der Waals surface area contributed by atoms with Crippen molar-refractivity contribution in [1.29, 1.82) is 0 Å². The molecule has 4 rings (SSSR count). The molecule has 0 aromatic heterocycles. The van der Waals surface area contributed by atoms with Crippen LogP contribution in [0, 0.1) is 0 Å². The second kappa shape index (κ2) is 14.9. The number of anilines is 1. The topological polar surface area (TPSA) is 96.0 Å². The number of carbonyl (C=O) groups is 2. The number of sulfonamides is 1. The van der Waals surface area contributed by atoms with Gasteiger partial charge in [-0.2, -0.15) is 0 Å². The first-order valence-electron chi connectivity index (χ1n) is 14.8. The molecule has 2 amide bonds. The van der Waals surface area contributed by atoms with Crippen LogP contribution in [-0.2, 0) is 26.0 Å². The summed E-state index contributed by atoms with van der Waals surface area (Å²) in [7, 11) is -4.12. The van der Waals surface area contributed by atoms with Crippen LogP contribution in [0.1, 0.15) is 51.5 Å². The van der Waals surface area contributed by atoms with Gasteiger partial charge in [0.2, 0.25) is 11.8 Å². The quantitative estimate of drug-likeness (QED) is 0.278. The van der Waals surface area contributed by atoms with E-state index in [1.807, 2.05) is 44.2 Å². The summed E-state index contributed by atoms with van der Waals surface area (Å²) >= 11 is 0. The minimum Gasteiger partial charge on any atom is -0.494 e. The highest BCUT2D eigenvalue weighted by Crippen LogP contribution is 2.26. The fourth-order valence-electron chi connectivity index (χ4n) is 5.39. The highest BCUT2D eigenvalue weighted by Gasteiger charge is 2.34. The van der Waals surface area contributed by atoms with E-state index in [1.165, 1.54) is 12.1 Å². The molecule has 8 nitrogen and oxygen atoms in total. The van der Waals surface area contributed by atoms with E-state index in [9.17, 15) is 18.0 Å². The summed E-state index contributed by atoms with van der Waals surface area (Å²) in [5.74, 6) is -0.0610. The summed E-state index contributed by atoms with van der Waals surface area (Å²) in [6.45, 7) is 4.04. The average molecular weight is 592 g/mol. The van der Waals surface area contributed by atoms with E-state index < -0.39 is 28.5 Å². The van der Waals surface area contributed by atoms with Gasteiger partial charge in [-0.1, -0.05) is 68.3 Å². The Labute approximate surface area is 249 Å².